The fourth-order valence-electron chi connectivity index (χ4n) is 0.789. The van der Waals surface area contributed by atoms with Crippen molar-refractivity contribution in [3.63, 3.8) is 0 Å². The second-order valence-electron chi connectivity index (χ2n) is 2.78. The third kappa shape index (κ3) is 6.49. The summed E-state index contributed by atoms with van der Waals surface area (Å²) < 4.78 is 4.79. The van der Waals surface area contributed by atoms with E-state index in [4.69, 9.17) is 4.74 Å². The van der Waals surface area contributed by atoms with Crippen molar-refractivity contribution in [3.8, 4) is 0 Å². The van der Waals surface area contributed by atoms with E-state index in [1.165, 1.54) is 0 Å². The zero-order valence-electron chi connectivity index (χ0n) is 9.40. The normalized spacial score (nSPS) is 8.40. The first-order chi connectivity index (χ1) is 7.26. The molecule has 2 heteroatoms. The SMILES string of the molecule is C=CCC.CCOC(=O)c1ccccc1. The van der Waals surface area contributed by atoms with Gasteiger partial charge >= 0.3 is 5.97 Å². The van der Waals surface area contributed by atoms with Gasteiger partial charge in [-0.1, -0.05) is 31.2 Å². The van der Waals surface area contributed by atoms with E-state index in [9.17, 15) is 4.79 Å². The summed E-state index contributed by atoms with van der Waals surface area (Å²) in [5, 5.41) is 0. The zero-order chi connectivity index (χ0) is 11.5. The Morgan fingerprint density at radius 1 is 1.33 bits per heavy atom. The van der Waals surface area contributed by atoms with Gasteiger partial charge in [-0.2, -0.15) is 0 Å². The van der Waals surface area contributed by atoms with Crippen LogP contribution in [0.15, 0.2) is 43.0 Å². The topological polar surface area (TPSA) is 26.3 Å². The average molecular weight is 206 g/mol. The van der Waals surface area contributed by atoms with Crippen molar-refractivity contribution in [1.29, 1.82) is 0 Å². The van der Waals surface area contributed by atoms with Crippen molar-refractivity contribution in [2.75, 3.05) is 6.61 Å². The van der Waals surface area contributed by atoms with Crippen molar-refractivity contribution >= 4 is 5.97 Å². The summed E-state index contributed by atoms with van der Waals surface area (Å²) in [6, 6.07) is 8.96. The fourth-order valence-corrected chi connectivity index (χ4v) is 0.789. The molecule has 0 amide bonds. The minimum atomic E-state index is -0.256. The first-order valence-corrected chi connectivity index (χ1v) is 5.09. The van der Waals surface area contributed by atoms with Gasteiger partial charge in [0.25, 0.3) is 0 Å². The number of hydrogen-bond donors (Lipinski definition) is 0. The second kappa shape index (κ2) is 9.00. The smallest absolute Gasteiger partial charge is 0.338 e. The highest BCUT2D eigenvalue weighted by Crippen LogP contribution is 1.99. The molecule has 0 aliphatic heterocycles. The van der Waals surface area contributed by atoms with Crippen LogP contribution in [0.5, 0.6) is 0 Å². The number of benzene rings is 1. The Bertz CT molecular complexity index is 278. The lowest BCUT2D eigenvalue weighted by molar-refractivity contribution is 0.0526. The monoisotopic (exact) mass is 206 g/mol. The van der Waals surface area contributed by atoms with Crippen molar-refractivity contribution < 1.29 is 9.53 Å². The molecule has 0 saturated carbocycles. The second-order valence-corrected chi connectivity index (χ2v) is 2.78. The van der Waals surface area contributed by atoms with Crippen LogP contribution in [0.1, 0.15) is 30.6 Å². The maximum absolute atomic E-state index is 11.0. The van der Waals surface area contributed by atoms with E-state index in [2.05, 4.69) is 13.5 Å². The molecule has 0 saturated heterocycles. The summed E-state index contributed by atoms with van der Waals surface area (Å²) in [6.07, 6.45) is 2.96. The molecule has 0 bridgehead atoms. The van der Waals surface area contributed by atoms with Crippen LogP contribution in [0, 0.1) is 0 Å². The summed E-state index contributed by atoms with van der Waals surface area (Å²) in [4.78, 5) is 11.0. The third-order valence-corrected chi connectivity index (χ3v) is 1.57. The lowest BCUT2D eigenvalue weighted by Crippen LogP contribution is -2.03. The van der Waals surface area contributed by atoms with Gasteiger partial charge in [-0.15, -0.1) is 6.58 Å². The molecular formula is C13H18O2. The number of hydrogen-bond acceptors (Lipinski definition) is 2. The molecule has 15 heavy (non-hydrogen) atoms. The van der Waals surface area contributed by atoms with Crippen molar-refractivity contribution in [2.45, 2.75) is 20.3 Å². The van der Waals surface area contributed by atoms with Gasteiger partial charge in [-0.05, 0) is 25.5 Å². The Morgan fingerprint density at radius 2 is 1.87 bits per heavy atom. The lowest BCUT2D eigenvalue weighted by atomic mass is 10.2. The minimum absolute atomic E-state index is 0.256. The molecule has 0 aliphatic carbocycles. The number of esters is 1. The molecule has 0 aliphatic rings. The summed E-state index contributed by atoms with van der Waals surface area (Å²) in [5.74, 6) is -0.256. The number of carbonyl (C=O) groups is 1. The van der Waals surface area contributed by atoms with Crippen molar-refractivity contribution in [3.05, 3.63) is 48.6 Å². The van der Waals surface area contributed by atoms with E-state index in [-0.39, 0.29) is 5.97 Å². The summed E-state index contributed by atoms with van der Waals surface area (Å²) >= 11 is 0. The average Bonchev–Trinajstić information content (AvgIpc) is 2.31. The Balaban J connectivity index is 0.000000423. The number of rotatable bonds is 3. The van der Waals surface area contributed by atoms with Crippen LogP contribution in [0.4, 0.5) is 0 Å². The standard InChI is InChI=1S/C9H10O2.C4H8/c1-2-11-9(10)8-6-4-3-5-7-8;1-3-4-2/h3-7H,2H2,1H3;3H,1,4H2,2H3. The molecule has 2 nitrogen and oxygen atoms in total. The molecule has 0 atom stereocenters. The molecular weight excluding hydrogens is 188 g/mol. The molecule has 0 aromatic heterocycles. The maximum atomic E-state index is 11.0. The minimum Gasteiger partial charge on any atom is -0.462 e. The van der Waals surface area contributed by atoms with E-state index < -0.39 is 0 Å². The number of carbonyl (C=O) groups excluding carboxylic acids is 1. The Hall–Kier alpha value is -1.57. The van der Waals surface area contributed by atoms with E-state index in [1.807, 2.05) is 24.3 Å². The quantitative estimate of drug-likeness (QED) is 0.559. The third-order valence-electron chi connectivity index (χ3n) is 1.57. The summed E-state index contributed by atoms with van der Waals surface area (Å²) in [7, 11) is 0. The predicted octanol–water partition coefficient (Wildman–Crippen LogP) is 3.45. The highest BCUT2D eigenvalue weighted by Gasteiger charge is 2.02. The van der Waals surface area contributed by atoms with E-state index in [0.717, 1.165) is 6.42 Å². The molecule has 0 radical (unpaired) electrons. The van der Waals surface area contributed by atoms with Gasteiger partial charge in [-0.3, -0.25) is 0 Å². The number of ether oxygens (including phenoxy) is 1. The number of allylic oxidation sites excluding steroid dienone is 1. The molecule has 0 heterocycles. The largest absolute Gasteiger partial charge is 0.462 e. The van der Waals surface area contributed by atoms with E-state index >= 15 is 0 Å². The van der Waals surface area contributed by atoms with Crippen LogP contribution >= 0.6 is 0 Å². The predicted molar refractivity (Wildman–Crippen MR) is 62.9 cm³/mol. The first-order valence-electron chi connectivity index (χ1n) is 5.09. The highest BCUT2D eigenvalue weighted by atomic mass is 16.5. The van der Waals surface area contributed by atoms with Crippen LogP contribution < -0.4 is 0 Å². The van der Waals surface area contributed by atoms with Crippen LogP contribution in [-0.2, 0) is 4.74 Å². The zero-order valence-corrected chi connectivity index (χ0v) is 9.40. The molecule has 1 rings (SSSR count). The molecule has 82 valence electrons. The van der Waals surface area contributed by atoms with E-state index in [0.29, 0.717) is 12.2 Å². The van der Waals surface area contributed by atoms with Crippen LogP contribution in [0.3, 0.4) is 0 Å². The molecule has 1 aromatic rings. The maximum Gasteiger partial charge on any atom is 0.338 e. The van der Waals surface area contributed by atoms with Gasteiger partial charge in [0.15, 0.2) is 0 Å². The summed E-state index contributed by atoms with van der Waals surface area (Å²) in [6.45, 7) is 7.76. The molecule has 0 spiro atoms. The van der Waals surface area contributed by atoms with Gasteiger partial charge in [0.05, 0.1) is 12.2 Å². The summed E-state index contributed by atoms with van der Waals surface area (Å²) in [5.41, 5.74) is 0.606. The first kappa shape index (κ1) is 13.4. The van der Waals surface area contributed by atoms with Crippen LogP contribution in [0.2, 0.25) is 0 Å². The molecule has 1 aromatic carbocycles. The van der Waals surface area contributed by atoms with Gasteiger partial charge in [0.2, 0.25) is 0 Å². The van der Waals surface area contributed by atoms with Crippen LogP contribution in [-0.4, -0.2) is 12.6 Å². The lowest BCUT2D eigenvalue weighted by Gasteiger charge is -1.99. The van der Waals surface area contributed by atoms with Crippen LogP contribution in [0.25, 0.3) is 0 Å². The molecule has 0 N–H and O–H groups in total. The van der Waals surface area contributed by atoms with E-state index in [1.54, 1.807) is 19.1 Å². The molecule has 0 fully saturated rings. The molecule has 0 unspecified atom stereocenters. The Labute approximate surface area is 91.6 Å². The van der Waals surface area contributed by atoms with Crippen molar-refractivity contribution in [2.24, 2.45) is 0 Å². The van der Waals surface area contributed by atoms with Gasteiger partial charge in [-0.25, -0.2) is 4.79 Å². The Kier molecular flexibility index (Phi) is 8.06. The highest BCUT2D eigenvalue weighted by molar-refractivity contribution is 5.89. The van der Waals surface area contributed by atoms with Gasteiger partial charge in [0.1, 0.15) is 0 Å². The van der Waals surface area contributed by atoms with Gasteiger partial charge < -0.3 is 4.74 Å². The Morgan fingerprint density at radius 3 is 2.27 bits per heavy atom. The van der Waals surface area contributed by atoms with Gasteiger partial charge in [0, 0.05) is 0 Å². The van der Waals surface area contributed by atoms with Crippen molar-refractivity contribution in [1.82, 2.24) is 0 Å². The fraction of sp³-hybridized carbons (Fsp3) is 0.308.